The predicted octanol–water partition coefficient (Wildman–Crippen LogP) is 0.170. The summed E-state index contributed by atoms with van der Waals surface area (Å²) in [4.78, 5) is 47.5. The van der Waals surface area contributed by atoms with Gasteiger partial charge in [0.15, 0.2) is 0 Å². The van der Waals surface area contributed by atoms with Crippen LogP contribution in [-0.2, 0) is 25.6 Å². The van der Waals surface area contributed by atoms with Crippen molar-refractivity contribution >= 4 is 23.7 Å². The molecule has 154 valence electrons. The Bertz CT molecular complexity index is 717. The highest BCUT2D eigenvalue weighted by Crippen LogP contribution is 2.12. The number of rotatable bonds is 9. The van der Waals surface area contributed by atoms with Crippen LogP contribution < -0.4 is 16.0 Å². The molecule has 9 nitrogen and oxygen atoms in total. The van der Waals surface area contributed by atoms with Gasteiger partial charge in [0.25, 0.3) is 0 Å². The highest BCUT2D eigenvalue weighted by molar-refractivity contribution is 5.93. The van der Waals surface area contributed by atoms with Crippen molar-refractivity contribution in [3.05, 3.63) is 29.8 Å². The molecule has 0 aromatic heterocycles. The van der Waals surface area contributed by atoms with Gasteiger partial charge in [-0.1, -0.05) is 26.0 Å². The Morgan fingerprint density at radius 1 is 0.929 bits per heavy atom. The molecular weight excluding hydrogens is 366 g/mol. The van der Waals surface area contributed by atoms with Gasteiger partial charge in [0.2, 0.25) is 17.7 Å². The maximum Gasteiger partial charge on any atom is 0.325 e. The maximum atomic E-state index is 12.7. The van der Waals surface area contributed by atoms with Crippen LogP contribution in [0.1, 0.15) is 33.3 Å². The molecule has 0 spiro atoms. The number of carbonyl (C=O) groups is 4. The number of amides is 3. The van der Waals surface area contributed by atoms with E-state index in [1.165, 1.54) is 26.0 Å². The second-order valence-corrected chi connectivity index (χ2v) is 6.92. The van der Waals surface area contributed by atoms with Crippen LogP contribution in [0.25, 0.3) is 0 Å². The third kappa shape index (κ3) is 7.26. The molecule has 0 aliphatic carbocycles. The summed E-state index contributed by atoms with van der Waals surface area (Å²) in [6, 6.07) is 3.18. The van der Waals surface area contributed by atoms with E-state index in [0.717, 1.165) is 0 Å². The maximum absolute atomic E-state index is 12.7. The Kier molecular flexibility index (Phi) is 8.43. The van der Waals surface area contributed by atoms with Crippen molar-refractivity contribution in [2.75, 3.05) is 0 Å². The van der Waals surface area contributed by atoms with Gasteiger partial charge < -0.3 is 26.2 Å². The molecule has 1 rings (SSSR count). The summed E-state index contributed by atoms with van der Waals surface area (Å²) in [7, 11) is 0. The van der Waals surface area contributed by atoms with Gasteiger partial charge >= 0.3 is 5.97 Å². The molecule has 0 heterocycles. The smallest absolute Gasteiger partial charge is 0.325 e. The summed E-state index contributed by atoms with van der Waals surface area (Å²) in [5.74, 6) is -3.02. The molecule has 1 aromatic rings. The molecule has 0 unspecified atom stereocenters. The van der Waals surface area contributed by atoms with Crippen LogP contribution in [0.15, 0.2) is 24.3 Å². The van der Waals surface area contributed by atoms with E-state index in [2.05, 4.69) is 16.0 Å². The summed E-state index contributed by atoms with van der Waals surface area (Å²) < 4.78 is 0. The van der Waals surface area contributed by atoms with Gasteiger partial charge in [-0.15, -0.1) is 0 Å². The van der Waals surface area contributed by atoms with Crippen LogP contribution in [0.4, 0.5) is 0 Å². The topological polar surface area (TPSA) is 145 Å². The molecule has 0 fully saturated rings. The molecule has 3 atom stereocenters. The van der Waals surface area contributed by atoms with Gasteiger partial charge in [0, 0.05) is 13.3 Å². The Labute approximate surface area is 163 Å². The highest BCUT2D eigenvalue weighted by atomic mass is 16.4. The van der Waals surface area contributed by atoms with E-state index in [0.29, 0.717) is 5.56 Å². The largest absolute Gasteiger partial charge is 0.508 e. The van der Waals surface area contributed by atoms with E-state index in [4.69, 9.17) is 5.11 Å². The van der Waals surface area contributed by atoms with Crippen molar-refractivity contribution in [2.24, 2.45) is 5.92 Å². The second-order valence-electron chi connectivity index (χ2n) is 6.92. The summed E-state index contributed by atoms with van der Waals surface area (Å²) in [6.45, 7) is 6.02. The number of carbonyl (C=O) groups excluding carboxylic acids is 3. The summed E-state index contributed by atoms with van der Waals surface area (Å²) in [5, 5.41) is 25.8. The average Bonchev–Trinajstić information content (AvgIpc) is 2.59. The van der Waals surface area contributed by atoms with Crippen LogP contribution >= 0.6 is 0 Å². The third-order valence-corrected chi connectivity index (χ3v) is 4.05. The Balaban J connectivity index is 2.92. The Morgan fingerprint density at radius 2 is 1.50 bits per heavy atom. The summed E-state index contributed by atoms with van der Waals surface area (Å²) in [6.07, 6.45) is 0.156. The SMILES string of the molecule is CC(=O)N[C@@H](Cc1ccc(O)cc1)C(=O)N[C@H](C(=O)N[C@@H](C)C(=O)O)C(C)C. The molecule has 5 N–H and O–H groups in total. The molecule has 3 amide bonds. The van der Waals surface area contributed by atoms with Crippen molar-refractivity contribution < 1.29 is 29.4 Å². The van der Waals surface area contributed by atoms with E-state index < -0.39 is 41.8 Å². The number of carboxylic acids is 1. The minimum Gasteiger partial charge on any atom is -0.508 e. The van der Waals surface area contributed by atoms with Crippen LogP contribution in [-0.4, -0.2) is 52.0 Å². The number of benzene rings is 1. The highest BCUT2D eigenvalue weighted by Gasteiger charge is 2.30. The predicted molar refractivity (Wildman–Crippen MR) is 101 cm³/mol. The van der Waals surface area contributed by atoms with Gasteiger partial charge in [-0.2, -0.15) is 0 Å². The van der Waals surface area contributed by atoms with E-state index in [1.54, 1.807) is 26.0 Å². The number of aliphatic carboxylic acids is 1. The van der Waals surface area contributed by atoms with Crippen molar-refractivity contribution in [2.45, 2.75) is 52.2 Å². The number of hydrogen-bond acceptors (Lipinski definition) is 5. The lowest BCUT2D eigenvalue weighted by Gasteiger charge is -2.26. The number of nitrogens with one attached hydrogen (secondary N) is 3. The minimum atomic E-state index is -1.19. The number of phenolic OH excluding ortho intramolecular Hbond substituents is 1. The van der Waals surface area contributed by atoms with Crippen molar-refractivity contribution in [3.63, 3.8) is 0 Å². The van der Waals surface area contributed by atoms with E-state index in [-0.39, 0.29) is 18.1 Å². The number of aromatic hydroxyl groups is 1. The van der Waals surface area contributed by atoms with E-state index in [1.807, 2.05) is 0 Å². The molecule has 9 heteroatoms. The number of phenols is 1. The van der Waals surface area contributed by atoms with Crippen molar-refractivity contribution in [3.8, 4) is 5.75 Å². The first-order chi connectivity index (χ1) is 13.0. The monoisotopic (exact) mass is 393 g/mol. The van der Waals surface area contributed by atoms with Gasteiger partial charge in [0.05, 0.1) is 0 Å². The normalized spacial score (nSPS) is 13.9. The fourth-order valence-corrected chi connectivity index (χ4v) is 2.48. The first-order valence-electron chi connectivity index (χ1n) is 8.89. The zero-order valence-corrected chi connectivity index (χ0v) is 16.4. The zero-order chi connectivity index (χ0) is 21.4. The van der Waals surface area contributed by atoms with Crippen LogP contribution in [0.2, 0.25) is 0 Å². The van der Waals surface area contributed by atoms with Crippen LogP contribution in [0, 0.1) is 5.92 Å². The Morgan fingerprint density at radius 3 is 1.96 bits per heavy atom. The van der Waals surface area contributed by atoms with E-state index >= 15 is 0 Å². The standard InChI is InChI=1S/C19H27N3O6/c1-10(2)16(18(26)20-11(3)19(27)28)22-17(25)15(21-12(4)23)9-13-5-7-14(24)8-6-13/h5-8,10-11,15-16,24H,9H2,1-4H3,(H,20,26)(H,21,23)(H,22,25)(H,27,28)/t11-,15-,16-/m0/s1. The molecule has 1 aromatic carbocycles. The van der Waals surface area contributed by atoms with Crippen LogP contribution in [0.5, 0.6) is 5.75 Å². The second kappa shape index (κ2) is 10.3. The van der Waals surface area contributed by atoms with Crippen molar-refractivity contribution in [1.82, 2.24) is 16.0 Å². The molecule has 28 heavy (non-hydrogen) atoms. The number of hydrogen-bond donors (Lipinski definition) is 5. The van der Waals surface area contributed by atoms with Gasteiger partial charge in [-0.3, -0.25) is 19.2 Å². The first-order valence-corrected chi connectivity index (χ1v) is 8.89. The molecule has 0 aliphatic rings. The van der Waals surface area contributed by atoms with Gasteiger partial charge in [-0.25, -0.2) is 0 Å². The zero-order valence-electron chi connectivity index (χ0n) is 16.4. The first kappa shape index (κ1) is 22.9. The lowest BCUT2D eigenvalue weighted by molar-refractivity contribution is -0.142. The fraction of sp³-hybridized carbons (Fsp3) is 0.474. The lowest BCUT2D eigenvalue weighted by Crippen LogP contribution is -2.57. The van der Waals surface area contributed by atoms with Crippen molar-refractivity contribution in [1.29, 1.82) is 0 Å². The Hall–Kier alpha value is -3.10. The summed E-state index contributed by atoms with van der Waals surface area (Å²) >= 11 is 0. The molecule has 0 bridgehead atoms. The minimum absolute atomic E-state index is 0.0772. The lowest BCUT2D eigenvalue weighted by atomic mass is 10.0. The summed E-state index contributed by atoms with van der Waals surface area (Å²) in [5.41, 5.74) is 0.705. The molecular formula is C19H27N3O6. The van der Waals surface area contributed by atoms with Gasteiger partial charge in [0.1, 0.15) is 23.9 Å². The van der Waals surface area contributed by atoms with E-state index in [9.17, 15) is 24.3 Å². The number of carboxylic acid groups (broad SMARTS) is 1. The third-order valence-electron chi connectivity index (χ3n) is 4.05. The molecule has 0 radical (unpaired) electrons. The average molecular weight is 393 g/mol. The quantitative estimate of drug-likeness (QED) is 0.404. The molecule has 0 saturated carbocycles. The molecule has 0 saturated heterocycles. The van der Waals surface area contributed by atoms with Crippen LogP contribution in [0.3, 0.4) is 0 Å². The molecule has 0 aliphatic heterocycles. The fourth-order valence-electron chi connectivity index (χ4n) is 2.48. The van der Waals surface area contributed by atoms with Gasteiger partial charge in [-0.05, 0) is 30.5 Å².